The molecule has 3 heterocycles. The Balaban J connectivity index is 1.56. The maximum Gasteiger partial charge on any atom is 0.252 e. The number of hydrogen-bond donors (Lipinski definition) is 1. The lowest BCUT2D eigenvalue weighted by Crippen LogP contribution is -2.32. The highest BCUT2D eigenvalue weighted by Gasteiger charge is 2.36. The third-order valence-corrected chi connectivity index (χ3v) is 6.54. The van der Waals surface area contributed by atoms with Crippen LogP contribution in [0.3, 0.4) is 0 Å². The number of nitrogens with zero attached hydrogens (tertiary/aromatic N) is 4. The molecule has 5 rings (SSSR count). The van der Waals surface area contributed by atoms with Gasteiger partial charge in [0.25, 0.3) is 5.91 Å². The molecule has 1 amide bonds. The number of alkyl halides is 1. The van der Waals surface area contributed by atoms with Crippen LogP contribution in [0.2, 0.25) is 0 Å². The van der Waals surface area contributed by atoms with Gasteiger partial charge in [-0.05, 0) is 50.5 Å². The molecule has 1 fully saturated rings. The van der Waals surface area contributed by atoms with Crippen LogP contribution in [0.25, 0.3) is 22.4 Å². The summed E-state index contributed by atoms with van der Waals surface area (Å²) in [4.78, 5) is 17.1. The number of carbonyl (C=O) groups is 1. The van der Waals surface area contributed by atoms with Crippen LogP contribution in [0, 0.1) is 11.3 Å². The summed E-state index contributed by atoms with van der Waals surface area (Å²) in [6.45, 7) is 4.17. The molecule has 0 atom stereocenters. The predicted octanol–water partition coefficient (Wildman–Crippen LogP) is 4.74. The molecule has 1 aromatic carbocycles. The highest BCUT2D eigenvalue weighted by atomic mass is 19.1. The largest absolute Gasteiger partial charge is 0.343 e. The first-order valence-electron chi connectivity index (χ1n) is 10.9. The average molecular weight is 429 g/mol. The van der Waals surface area contributed by atoms with Crippen LogP contribution in [0.1, 0.15) is 61.1 Å². The number of benzene rings is 1. The first kappa shape index (κ1) is 20.4. The van der Waals surface area contributed by atoms with Gasteiger partial charge in [0.2, 0.25) is 0 Å². The first-order chi connectivity index (χ1) is 15.3. The Bertz CT molecular complexity index is 1260. The molecule has 0 radical (unpaired) electrons. The lowest BCUT2D eigenvalue weighted by Gasteiger charge is -2.19. The van der Waals surface area contributed by atoms with Crippen LogP contribution >= 0.6 is 0 Å². The van der Waals surface area contributed by atoms with E-state index in [2.05, 4.69) is 21.5 Å². The van der Waals surface area contributed by atoms with E-state index >= 15 is 0 Å². The Labute approximate surface area is 186 Å². The molecule has 1 aliphatic heterocycles. The SMILES string of the molecule is CC1(C)NC(=O)c2cc(-c3nc(C#N)ccc3-c3cnn(CC4(F)CCCC4)c3)ccc21. The maximum absolute atomic E-state index is 14.9. The molecule has 1 N–H and O–H groups in total. The number of aromatic nitrogens is 3. The van der Waals surface area contributed by atoms with Crippen molar-refractivity contribution >= 4 is 5.91 Å². The second kappa shape index (κ2) is 7.27. The van der Waals surface area contributed by atoms with E-state index in [0.29, 0.717) is 24.1 Å². The lowest BCUT2D eigenvalue weighted by molar-refractivity contribution is 0.0940. The summed E-state index contributed by atoms with van der Waals surface area (Å²) < 4.78 is 16.6. The third-order valence-electron chi connectivity index (χ3n) is 6.54. The summed E-state index contributed by atoms with van der Waals surface area (Å²) in [6.07, 6.45) is 6.50. The van der Waals surface area contributed by atoms with Gasteiger partial charge in [-0.3, -0.25) is 9.48 Å². The minimum Gasteiger partial charge on any atom is -0.343 e. The standard InChI is InChI=1S/C25H24FN5O/c1-24(2)21-8-5-16(11-20(21)23(32)30-24)22-19(7-6-18(12-27)29-22)17-13-28-31(14-17)15-25(26)9-3-4-10-25/h5-8,11,13-14H,3-4,9-10,15H2,1-2H3,(H,30,32). The van der Waals surface area contributed by atoms with Crippen LogP contribution in [0.15, 0.2) is 42.7 Å². The number of rotatable bonds is 4. The van der Waals surface area contributed by atoms with Crippen molar-refractivity contribution in [3.05, 3.63) is 59.5 Å². The van der Waals surface area contributed by atoms with E-state index in [1.165, 1.54) is 0 Å². The minimum absolute atomic E-state index is 0.123. The van der Waals surface area contributed by atoms with Crippen LogP contribution in [-0.4, -0.2) is 26.3 Å². The normalized spacial score (nSPS) is 18.2. The molecule has 32 heavy (non-hydrogen) atoms. The summed E-state index contributed by atoms with van der Waals surface area (Å²) in [6, 6.07) is 11.3. The smallest absolute Gasteiger partial charge is 0.252 e. The zero-order valence-electron chi connectivity index (χ0n) is 18.2. The van der Waals surface area contributed by atoms with Crippen molar-refractivity contribution in [2.75, 3.05) is 0 Å². The molecular formula is C25H24FN5O. The van der Waals surface area contributed by atoms with Crippen LogP contribution < -0.4 is 5.32 Å². The molecule has 0 saturated heterocycles. The molecule has 7 heteroatoms. The van der Waals surface area contributed by atoms with Crippen LogP contribution in [-0.2, 0) is 12.1 Å². The molecule has 0 unspecified atom stereocenters. The van der Waals surface area contributed by atoms with E-state index < -0.39 is 11.2 Å². The van der Waals surface area contributed by atoms with Crippen molar-refractivity contribution < 1.29 is 9.18 Å². The van der Waals surface area contributed by atoms with E-state index in [4.69, 9.17) is 0 Å². The second-order valence-corrected chi connectivity index (χ2v) is 9.33. The molecule has 162 valence electrons. The maximum atomic E-state index is 14.9. The monoisotopic (exact) mass is 429 g/mol. The van der Waals surface area contributed by atoms with Gasteiger partial charge in [-0.15, -0.1) is 0 Å². The Kier molecular flexibility index (Phi) is 4.63. The van der Waals surface area contributed by atoms with Crippen molar-refractivity contribution in [1.29, 1.82) is 5.26 Å². The van der Waals surface area contributed by atoms with Gasteiger partial charge in [0.05, 0.1) is 24.0 Å². The Hall–Kier alpha value is -3.53. The lowest BCUT2D eigenvalue weighted by atomic mass is 9.91. The second-order valence-electron chi connectivity index (χ2n) is 9.33. The number of amides is 1. The molecule has 3 aromatic rings. The molecule has 0 spiro atoms. The van der Waals surface area contributed by atoms with Crippen molar-refractivity contribution in [3.63, 3.8) is 0 Å². The summed E-state index contributed by atoms with van der Waals surface area (Å²) in [5, 5.41) is 16.8. The number of hydrogen-bond acceptors (Lipinski definition) is 4. The zero-order chi connectivity index (χ0) is 22.5. The van der Waals surface area contributed by atoms with Crippen molar-refractivity contribution in [1.82, 2.24) is 20.1 Å². The number of halogens is 1. The summed E-state index contributed by atoms with van der Waals surface area (Å²) in [7, 11) is 0. The summed E-state index contributed by atoms with van der Waals surface area (Å²) in [5.41, 5.74) is 3.12. The van der Waals surface area contributed by atoms with E-state index in [1.54, 1.807) is 16.9 Å². The number of nitriles is 1. The topological polar surface area (TPSA) is 83.6 Å². The quantitative estimate of drug-likeness (QED) is 0.649. The van der Waals surface area contributed by atoms with Gasteiger partial charge in [0, 0.05) is 28.5 Å². The van der Waals surface area contributed by atoms with Crippen LogP contribution in [0.4, 0.5) is 4.39 Å². The van der Waals surface area contributed by atoms with Gasteiger partial charge in [0.15, 0.2) is 0 Å². The molecule has 6 nitrogen and oxygen atoms in total. The van der Waals surface area contributed by atoms with Crippen molar-refractivity contribution in [2.45, 2.75) is 57.3 Å². The van der Waals surface area contributed by atoms with E-state index in [1.807, 2.05) is 44.3 Å². The number of pyridine rings is 1. The fourth-order valence-corrected chi connectivity index (χ4v) is 4.86. The fraction of sp³-hybridized carbons (Fsp3) is 0.360. The molecular weight excluding hydrogens is 405 g/mol. The van der Waals surface area contributed by atoms with Crippen molar-refractivity contribution in [3.8, 4) is 28.5 Å². The third kappa shape index (κ3) is 3.46. The average Bonchev–Trinajstić information content (AvgIpc) is 3.46. The van der Waals surface area contributed by atoms with Gasteiger partial charge in [-0.1, -0.05) is 25.0 Å². The highest BCUT2D eigenvalue weighted by Crippen LogP contribution is 2.37. The van der Waals surface area contributed by atoms with E-state index in [9.17, 15) is 14.4 Å². The summed E-state index contributed by atoms with van der Waals surface area (Å²) >= 11 is 0. The van der Waals surface area contributed by atoms with Crippen LogP contribution in [0.5, 0.6) is 0 Å². The Morgan fingerprint density at radius 3 is 2.69 bits per heavy atom. The number of fused-ring (bicyclic) bond motifs is 1. The molecule has 2 aromatic heterocycles. The van der Waals surface area contributed by atoms with E-state index in [-0.39, 0.29) is 18.1 Å². The van der Waals surface area contributed by atoms with Gasteiger partial charge < -0.3 is 5.32 Å². The first-order valence-corrected chi connectivity index (χ1v) is 10.9. The fourth-order valence-electron chi connectivity index (χ4n) is 4.86. The number of nitrogens with one attached hydrogen (secondary N) is 1. The van der Waals surface area contributed by atoms with Crippen molar-refractivity contribution in [2.24, 2.45) is 0 Å². The molecule has 1 saturated carbocycles. The summed E-state index contributed by atoms with van der Waals surface area (Å²) in [5.74, 6) is -0.123. The minimum atomic E-state index is -1.20. The molecule has 1 aliphatic carbocycles. The Morgan fingerprint density at radius 2 is 1.94 bits per heavy atom. The highest BCUT2D eigenvalue weighted by molar-refractivity contribution is 6.01. The predicted molar refractivity (Wildman–Crippen MR) is 118 cm³/mol. The van der Waals surface area contributed by atoms with Gasteiger partial charge >= 0.3 is 0 Å². The Morgan fingerprint density at radius 1 is 1.16 bits per heavy atom. The van der Waals surface area contributed by atoms with Gasteiger partial charge in [-0.25, -0.2) is 9.37 Å². The van der Waals surface area contributed by atoms with Gasteiger partial charge in [-0.2, -0.15) is 10.4 Å². The zero-order valence-corrected chi connectivity index (χ0v) is 18.2. The number of carbonyl (C=O) groups excluding carboxylic acids is 1. The van der Waals surface area contributed by atoms with E-state index in [0.717, 1.165) is 35.1 Å². The molecule has 2 aliphatic rings. The molecule has 0 bridgehead atoms. The van der Waals surface area contributed by atoms with Gasteiger partial charge in [0.1, 0.15) is 17.4 Å².